The molecule has 3 rings (SSSR count). The molecule has 0 aliphatic carbocycles. The fourth-order valence-electron chi connectivity index (χ4n) is 4.11. The van der Waals surface area contributed by atoms with Crippen molar-refractivity contribution in [2.75, 3.05) is 39.3 Å². The lowest BCUT2D eigenvalue weighted by Crippen LogP contribution is -2.44. The van der Waals surface area contributed by atoms with Crippen LogP contribution in [0, 0.1) is 19.8 Å². The van der Waals surface area contributed by atoms with Gasteiger partial charge in [0.2, 0.25) is 5.91 Å². The van der Waals surface area contributed by atoms with Crippen LogP contribution in [-0.4, -0.2) is 65.7 Å². The minimum absolute atomic E-state index is 0.203. The number of carbonyl (C=O) groups is 1. The molecule has 156 valence electrons. The van der Waals surface area contributed by atoms with Gasteiger partial charge in [-0.15, -0.1) is 0 Å². The fraction of sp³-hybridized carbons (Fsp3) is 0.696. The number of piperidine rings is 1. The molecule has 2 aliphatic heterocycles. The number of amides is 1. The third-order valence-electron chi connectivity index (χ3n) is 6.49. The third-order valence-corrected chi connectivity index (χ3v) is 6.49. The van der Waals surface area contributed by atoms with Gasteiger partial charge in [0.05, 0.1) is 6.54 Å². The summed E-state index contributed by atoms with van der Waals surface area (Å²) >= 11 is 0. The van der Waals surface area contributed by atoms with Gasteiger partial charge in [-0.2, -0.15) is 0 Å². The highest BCUT2D eigenvalue weighted by atomic mass is 16.5. The molecule has 1 N–H and O–H groups in total. The third kappa shape index (κ3) is 5.71. The Labute approximate surface area is 169 Å². The average Bonchev–Trinajstić information content (AvgIpc) is 2.87. The Bertz CT molecular complexity index is 670. The minimum atomic E-state index is -0.867. The van der Waals surface area contributed by atoms with Crippen molar-refractivity contribution in [3.63, 3.8) is 0 Å². The van der Waals surface area contributed by atoms with Crippen molar-refractivity contribution < 1.29 is 14.6 Å². The van der Waals surface area contributed by atoms with Crippen LogP contribution in [0.3, 0.4) is 0 Å². The number of ether oxygens (including phenoxy) is 1. The molecule has 2 aliphatic rings. The molecule has 2 heterocycles. The van der Waals surface area contributed by atoms with Crippen molar-refractivity contribution in [1.82, 2.24) is 9.80 Å². The van der Waals surface area contributed by atoms with E-state index in [2.05, 4.69) is 25.7 Å². The van der Waals surface area contributed by atoms with E-state index in [-0.39, 0.29) is 12.5 Å². The van der Waals surface area contributed by atoms with Gasteiger partial charge in [0.25, 0.3) is 0 Å². The van der Waals surface area contributed by atoms with Gasteiger partial charge in [0.15, 0.2) is 0 Å². The van der Waals surface area contributed by atoms with Gasteiger partial charge in [-0.3, -0.25) is 9.69 Å². The molecule has 0 bridgehead atoms. The van der Waals surface area contributed by atoms with Crippen molar-refractivity contribution in [2.45, 2.75) is 58.5 Å². The Morgan fingerprint density at radius 3 is 2.61 bits per heavy atom. The lowest BCUT2D eigenvalue weighted by molar-refractivity contribution is -0.133. The summed E-state index contributed by atoms with van der Waals surface area (Å²) in [6.45, 7) is 10.6. The number of aryl methyl sites for hydroxylation is 2. The summed E-state index contributed by atoms with van der Waals surface area (Å²) in [6, 6.07) is 6.02. The highest BCUT2D eigenvalue weighted by Crippen LogP contribution is 2.25. The quantitative estimate of drug-likeness (QED) is 0.842. The Hall–Kier alpha value is -1.59. The lowest BCUT2D eigenvalue weighted by atomic mass is 9.96. The van der Waals surface area contributed by atoms with Crippen LogP contribution < -0.4 is 4.74 Å². The van der Waals surface area contributed by atoms with Gasteiger partial charge in [-0.25, -0.2) is 0 Å². The highest BCUT2D eigenvalue weighted by molar-refractivity contribution is 5.78. The molecule has 2 saturated heterocycles. The van der Waals surface area contributed by atoms with Crippen LogP contribution in [0.2, 0.25) is 0 Å². The van der Waals surface area contributed by atoms with Gasteiger partial charge < -0.3 is 14.7 Å². The van der Waals surface area contributed by atoms with E-state index in [9.17, 15) is 9.90 Å². The van der Waals surface area contributed by atoms with Crippen LogP contribution in [0.25, 0.3) is 0 Å². The maximum atomic E-state index is 12.7. The lowest BCUT2D eigenvalue weighted by Gasteiger charge is -2.32. The summed E-state index contributed by atoms with van der Waals surface area (Å²) in [5.74, 6) is 1.78. The van der Waals surface area contributed by atoms with E-state index in [1.807, 2.05) is 23.1 Å². The number of carbonyl (C=O) groups excluding carboxylic acids is 1. The number of likely N-dealkylation sites (tertiary alicyclic amines) is 2. The Morgan fingerprint density at radius 2 is 1.89 bits per heavy atom. The molecule has 1 aromatic carbocycles. The molecule has 1 aromatic rings. The van der Waals surface area contributed by atoms with Crippen LogP contribution in [0.5, 0.6) is 5.75 Å². The first-order chi connectivity index (χ1) is 13.3. The summed E-state index contributed by atoms with van der Waals surface area (Å²) in [5.41, 5.74) is 1.56. The monoisotopic (exact) mass is 388 g/mol. The van der Waals surface area contributed by atoms with Crippen LogP contribution >= 0.6 is 0 Å². The van der Waals surface area contributed by atoms with Gasteiger partial charge in [0, 0.05) is 13.1 Å². The summed E-state index contributed by atoms with van der Waals surface area (Å²) < 4.78 is 5.91. The fourth-order valence-corrected chi connectivity index (χ4v) is 4.11. The predicted molar refractivity (Wildman–Crippen MR) is 112 cm³/mol. The molecule has 2 fully saturated rings. The highest BCUT2D eigenvalue weighted by Gasteiger charge is 2.33. The Balaban J connectivity index is 1.48. The number of aliphatic hydroxyl groups is 1. The second kappa shape index (κ2) is 9.27. The summed E-state index contributed by atoms with van der Waals surface area (Å²) in [5, 5.41) is 11.0. The van der Waals surface area contributed by atoms with E-state index in [0.717, 1.165) is 37.7 Å². The van der Waals surface area contributed by atoms with Crippen molar-refractivity contribution in [1.29, 1.82) is 0 Å². The van der Waals surface area contributed by atoms with Crippen LogP contribution in [0.4, 0.5) is 0 Å². The molecule has 5 nitrogen and oxygen atoms in total. The number of benzene rings is 1. The maximum Gasteiger partial charge on any atom is 0.236 e. The maximum absolute atomic E-state index is 12.7. The Kier molecular flexibility index (Phi) is 7.00. The van der Waals surface area contributed by atoms with E-state index in [1.165, 1.54) is 24.0 Å². The molecule has 0 saturated carbocycles. The molecule has 1 unspecified atom stereocenters. The van der Waals surface area contributed by atoms with E-state index in [0.29, 0.717) is 25.9 Å². The van der Waals surface area contributed by atoms with Crippen molar-refractivity contribution in [3.05, 3.63) is 29.3 Å². The SMILES string of the molecule is Cc1ccc(OCC2(O)CCCN(C(=O)CN3CCC(C)CC3)CC2)cc1C. The minimum Gasteiger partial charge on any atom is -0.491 e. The molecular formula is C23H36N2O3. The summed E-state index contributed by atoms with van der Waals surface area (Å²) in [7, 11) is 0. The van der Waals surface area contributed by atoms with Gasteiger partial charge in [-0.1, -0.05) is 13.0 Å². The molecule has 0 radical (unpaired) electrons. The standard InChI is InChI=1S/C23H36N2O3/c1-18-7-12-24(13-8-18)16-22(26)25-11-4-9-23(27,10-14-25)17-28-21-6-5-19(2)20(3)15-21/h5-6,15,18,27H,4,7-14,16-17H2,1-3H3. The van der Waals surface area contributed by atoms with Crippen LogP contribution in [0.1, 0.15) is 50.2 Å². The van der Waals surface area contributed by atoms with Gasteiger partial charge >= 0.3 is 0 Å². The zero-order chi connectivity index (χ0) is 20.1. The number of hydrogen-bond acceptors (Lipinski definition) is 4. The van der Waals surface area contributed by atoms with Gasteiger partial charge in [-0.05, 0) is 88.2 Å². The topological polar surface area (TPSA) is 53.0 Å². The summed E-state index contributed by atoms with van der Waals surface area (Å²) in [4.78, 5) is 16.9. The first-order valence-electron chi connectivity index (χ1n) is 10.8. The van der Waals surface area contributed by atoms with E-state index >= 15 is 0 Å². The first kappa shape index (κ1) is 21.1. The molecule has 0 aromatic heterocycles. The normalized spacial score (nSPS) is 24.8. The van der Waals surface area contributed by atoms with Gasteiger partial charge in [0.1, 0.15) is 18.0 Å². The zero-order valence-electron chi connectivity index (χ0n) is 17.7. The Morgan fingerprint density at radius 1 is 1.14 bits per heavy atom. The summed E-state index contributed by atoms with van der Waals surface area (Å²) in [6.07, 6.45) is 4.42. The van der Waals surface area contributed by atoms with Crippen LogP contribution in [0.15, 0.2) is 18.2 Å². The second-order valence-electron chi connectivity index (χ2n) is 8.95. The van der Waals surface area contributed by atoms with E-state index in [1.54, 1.807) is 0 Å². The predicted octanol–water partition coefficient (Wildman–Crippen LogP) is 3.16. The molecule has 0 spiro atoms. The molecule has 1 amide bonds. The van der Waals surface area contributed by atoms with E-state index < -0.39 is 5.60 Å². The molecule has 1 atom stereocenters. The molecule has 28 heavy (non-hydrogen) atoms. The first-order valence-corrected chi connectivity index (χ1v) is 10.8. The molecule has 5 heteroatoms. The second-order valence-corrected chi connectivity index (χ2v) is 8.95. The smallest absolute Gasteiger partial charge is 0.236 e. The van der Waals surface area contributed by atoms with Crippen LogP contribution in [-0.2, 0) is 4.79 Å². The average molecular weight is 389 g/mol. The largest absolute Gasteiger partial charge is 0.491 e. The number of hydrogen-bond donors (Lipinski definition) is 1. The van der Waals surface area contributed by atoms with Crippen molar-refractivity contribution >= 4 is 5.91 Å². The molecular weight excluding hydrogens is 352 g/mol. The zero-order valence-corrected chi connectivity index (χ0v) is 17.7. The number of nitrogens with zero attached hydrogens (tertiary/aromatic N) is 2. The number of rotatable bonds is 5. The van der Waals surface area contributed by atoms with E-state index in [4.69, 9.17) is 4.74 Å². The van der Waals surface area contributed by atoms with Crippen molar-refractivity contribution in [2.24, 2.45) is 5.92 Å². The van der Waals surface area contributed by atoms with Crippen molar-refractivity contribution in [3.8, 4) is 5.75 Å².